The van der Waals surface area contributed by atoms with Gasteiger partial charge in [0.05, 0.1) is 10.6 Å². The van der Waals surface area contributed by atoms with Gasteiger partial charge in [-0.25, -0.2) is 0 Å². The molecular formula is C17H19N3OS. The summed E-state index contributed by atoms with van der Waals surface area (Å²) in [5.41, 5.74) is 8.47. The zero-order chi connectivity index (χ0) is 15.5. The molecule has 4 nitrogen and oxygen atoms in total. The molecule has 3 rings (SSSR count). The van der Waals surface area contributed by atoms with E-state index in [1.54, 1.807) is 23.7 Å². The fourth-order valence-electron chi connectivity index (χ4n) is 2.64. The number of amides is 1. The molecule has 0 aromatic carbocycles. The Kier molecular flexibility index (Phi) is 4.24. The number of carbonyl (C=O) groups excluding carboxylic acids is 1. The number of rotatable bonds is 4. The Morgan fingerprint density at radius 2 is 2.14 bits per heavy atom. The van der Waals surface area contributed by atoms with Gasteiger partial charge >= 0.3 is 0 Å². The van der Waals surface area contributed by atoms with Gasteiger partial charge in [-0.2, -0.15) is 0 Å². The first-order chi connectivity index (χ1) is 10.6. The minimum absolute atomic E-state index is 0.109. The minimum Gasteiger partial charge on any atom is -0.298 e. The normalized spacial score (nSPS) is 16.7. The number of pyridine rings is 1. The van der Waals surface area contributed by atoms with Crippen LogP contribution in [0.15, 0.2) is 37.2 Å². The van der Waals surface area contributed by atoms with Crippen LogP contribution < -0.4 is 10.9 Å². The highest BCUT2D eigenvalue weighted by Crippen LogP contribution is 2.32. The lowest BCUT2D eigenvalue weighted by atomic mass is 9.90. The lowest BCUT2D eigenvalue weighted by molar-refractivity contribution is 0.0946. The molecule has 5 heteroatoms. The van der Waals surface area contributed by atoms with Gasteiger partial charge in [0.2, 0.25) is 0 Å². The van der Waals surface area contributed by atoms with E-state index >= 15 is 0 Å². The van der Waals surface area contributed by atoms with Crippen LogP contribution in [-0.4, -0.2) is 10.9 Å². The summed E-state index contributed by atoms with van der Waals surface area (Å²) in [4.78, 5) is 18.3. The quantitative estimate of drug-likeness (QED) is 0.853. The van der Waals surface area contributed by atoms with Crippen LogP contribution in [0.1, 0.15) is 39.0 Å². The SMILES string of the molecule is C=C(NNC(=O)c1cc2c(s1)CC[C@H](C)C2)c1ccncc1. The van der Waals surface area contributed by atoms with Crippen molar-refractivity contribution in [3.8, 4) is 0 Å². The predicted octanol–water partition coefficient (Wildman–Crippen LogP) is 3.17. The molecule has 0 saturated heterocycles. The molecular weight excluding hydrogens is 294 g/mol. The first-order valence-electron chi connectivity index (χ1n) is 7.40. The Bertz CT molecular complexity index is 693. The van der Waals surface area contributed by atoms with E-state index in [1.165, 1.54) is 16.9 Å². The van der Waals surface area contributed by atoms with Gasteiger partial charge < -0.3 is 0 Å². The molecule has 22 heavy (non-hydrogen) atoms. The topological polar surface area (TPSA) is 54.0 Å². The zero-order valence-electron chi connectivity index (χ0n) is 12.6. The van der Waals surface area contributed by atoms with E-state index < -0.39 is 0 Å². The van der Waals surface area contributed by atoms with Gasteiger partial charge in [0.1, 0.15) is 0 Å². The van der Waals surface area contributed by atoms with Crippen molar-refractivity contribution in [1.29, 1.82) is 0 Å². The summed E-state index contributed by atoms with van der Waals surface area (Å²) >= 11 is 1.60. The Hall–Kier alpha value is -2.14. The fraction of sp³-hybridized carbons (Fsp3) is 0.294. The molecule has 0 spiro atoms. The maximum atomic E-state index is 12.3. The molecule has 1 aliphatic carbocycles. The van der Waals surface area contributed by atoms with Gasteiger partial charge in [-0.05, 0) is 48.9 Å². The number of thiophene rings is 1. The van der Waals surface area contributed by atoms with Crippen LogP contribution in [0.3, 0.4) is 0 Å². The summed E-state index contributed by atoms with van der Waals surface area (Å²) in [6.07, 6.45) is 6.77. The third-order valence-corrected chi connectivity index (χ3v) is 5.14. The molecule has 0 unspecified atom stereocenters. The van der Waals surface area contributed by atoms with Crippen molar-refractivity contribution in [3.63, 3.8) is 0 Å². The van der Waals surface area contributed by atoms with Crippen LogP contribution in [0.25, 0.3) is 5.70 Å². The molecule has 0 aliphatic heterocycles. The number of nitrogens with one attached hydrogen (secondary N) is 2. The van der Waals surface area contributed by atoms with Crippen LogP contribution >= 0.6 is 11.3 Å². The number of fused-ring (bicyclic) bond motifs is 1. The Balaban J connectivity index is 1.62. The summed E-state index contributed by atoms with van der Waals surface area (Å²) in [5, 5.41) is 0. The molecule has 0 fully saturated rings. The predicted molar refractivity (Wildman–Crippen MR) is 89.4 cm³/mol. The number of aromatic nitrogens is 1. The van der Waals surface area contributed by atoms with Gasteiger partial charge in [-0.1, -0.05) is 13.5 Å². The van der Waals surface area contributed by atoms with Gasteiger partial charge in [-0.3, -0.25) is 20.6 Å². The van der Waals surface area contributed by atoms with Crippen molar-refractivity contribution in [1.82, 2.24) is 15.8 Å². The van der Waals surface area contributed by atoms with Crippen molar-refractivity contribution in [2.24, 2.45) is 5.92 Å². The molecule has 1 aliphatic rings. The summed E-state index contributed by atoms with van der Waals surface area (Å²) < 4.78 is 0. The van der Waals surface area contributed by atoms with Gasteiger partial charge in [-0.15, -0.1) is 11.3 Å². The first kappa shape index (κ1) is 14.8. The molecule has 2 aromatic rings. The third-order valence-electron chi connectivity index (χ3n) is 3.91. The van der Waals surface area contributed by atoms with Crippen LogP contribution in [0.2, 0.25) is 0 Å². The van der Waals surface area contributed by atoms with Crippen LogP contribution in [0.5, 0.6) is 0 Å². The molecule has 114 valence electrons. The second-order valence-electron chi connectivity index (χ2n) is 5.70. The Morgan fingerprint density at radius 1 is 1.36 bits per heavy atom. The first-order valence-corrected chi connectivity index (χ1v) is 8.22. The molecule has 1 amide bonds. The van der Waals surface area contributed by atoms with Gasteiger partial charge in [0.15, 0.2) is 0 Å². The van der Waals surface area contributed by atoms with E-state index in [2.05, 4.69) is 29.3 Å². The zero-order valence-corrected chi connectivity index (χ0v) is 13.4. The van der Waals surface area contributed by atoms with E-state index in [-0.39, 0.29) is 5.91 Å². The van der Waals surface area contributed by atoms with Crippen LogP contribution in [-0.2, 0) is 12.8 Å². The highest BCUT2D eigenvalue weighted by molar-refractivity contribution is 7.14. The van der Waals surface area contributed by atoms with E-state index in [0.29, 0.717) is 11.6 Å². The highest BCUT2D eigenvalue weighted by Gasteiger charge is 2.20. The van der Waals surface area contributed by atoms with Crippen molar-refractivity contribution in [3.05, 3.63) is 58.1 Å². The van der Waals surface area contributed by atoms with Gasteiger partial charge in [0.25, 0.3) is 5.91 Å². The van der Waals surface area contributed by atoms with E-state index in [9.17, 15) is 4.79 Å². The summed E-state index contributed by atoms with van der Waals surface area (Å²) in [7, 11) is 0. The maximum Gasteiger partial charge on any atom is 0.279 e. The van der Waals surface area contributed by atoms with Crippen molar-refractivity contribution < 1.29 is 4.79 Å². The smallest absolute Gasteiger partial charge is 0.279 e. The number of hydrazine groups is 1. The maximum absolute atomic E-state index is 12.3. The van der Waals surface area contributed by atoms with Crippen LogP contribution in [0, 0.1) is 5.92 Å². The lowest BCUT2D eigenvalue weighted by Gasteiger charge is -2.16. The fourth-order valence-corrected chi connectivity index (χ4v) is 3.74. The third kappa shape index (κ3) is 3.20. The largest absolute Gasteiger partial charge is 0.298 e. The molecule has 0 bridgehead atoms. The number of hydrogen-bond acceptors (Lipinski definition) is 4. The molecule has 2 aromatic heterocycles. The molecule has 0 saturated carbocycles. The highest BCUT2D eigenvalue weighted by atomic mass is 32.1. The second-order valence-corrected chi connectivity index (χ2v) is 6.84. The molecule has 2 N–H and O–H groups in total. The van der Waals surface area contributed by atoms with Crippen molar-refractivity contribution in [2.45, 2.75) is 26.2 Å². The summed E-state index contributed by atoms with van der Waals surface area (Å²) in [5.74, 6) is 0.602. The minimum atomic E-state index is -0.109. The van der Waals surface area contributed by atoms with Crippen LogP contribution in [0.4, 0.5) is 0 Å². The second kappa shape index (κ2) is 6.32. The number of carbonyl (C=O) groups is 1. The van der Waals surface area contributed by atoms with E-state index in [4.69, 9.17) is 0 Å². The number of nitrogens with zero attached hydrogens (tertiary/aromatic N) is 1. The van der Waals surface area contributed by atoms with E-state index in [0.717, 1.165) is 23.3 Å². The van der Waals surface area contributed by atoms with Crippen molar-refractivity contribution in [2.75, 3.05) is 0 Å². The average Bonchev–Trinajstić information content (AvgIpc) is 2.96. The molecule has 0 radical (unpaired) electrons. The summed E-state index contributed by atoms with van der Waals surface area (Å²) in [6.45, 7) is 6.18. The summed E-state index contributed by atoms with van der Waals surface area (Å²) in [6, 6.07) is 5.71. The van der Waals surface area contributed by atoms with Crippen molar-refractivity contribution >= 4 is 22.9 Å². The number of hydrogen-bond donors (Lipinski definition) is 2. The lowest BCUT2D eigenvalue weighted by Crippen LogP contribution is -2.35. The molecule has 1 atom stereocenters. The Morgan fingerprint density at radius 3 is 2.91 bits per heavy atom. The monoisotopic (exact) mass is 313 g/mol. The van der Waals surface area contributed by atoms with E-state index in [1.807, 2.05) is 18.2 Å². The average molecular weight is 313 g/mol. The van der Waals surface area contributed by atoms with Gasteiger partial charge in [0, 0.05) is 22.8 Å². The standard InChI is InChI=1S/C17H19N3OS/c1-11-3-4-15-14(9-11)10-16(22-15)17(21)20-19-12(2)13-5-7-18-8-6-13/h5-8,10-11,19H,2-4,9H2,1H3,(H,20,21)/t11-/m0/s1. The Labute approximate surface area is 134 Å². The molecule has 2 heterocycles. The number of aryl methyl sites for hydroxylation is 1.